The first-order chi connectivity index (χ1) is 6.43. The minimum atomic E-state index is 0.806. The van der Waals surface area contributed by atoms with Crippen LogP contribution >= 0.6 is 0 Å². The van der Waals surface area contributed by atoms with Crippen molar-refractivity contribution in [2.45, 2.75) is 57.4 Å². The van der Waals surface area contributed by atoms with Gasteiger partial charge in [0.05, 0.1) is 0 Å². The van der Waals surface area contributed by atoms with Crippen LogP contribution in [0.3, 0.4) is 0 Å². The fraction of sp³-hybridized carbons (Fsp3) is 1.00. The highest BCUT2D eigenvalue weighted by atomic mass is 14.9. The van der Waals surface area contributed by atoms with Gasteiger partial charge in [0, 0.05) is 6.04 Å². The SMILES string of the molecule is NCCCCCC1CCCCCN1. The van der Waals surface area contributed by atoms with Crippen molar-refractivity contribution < 1.29 is 0 Å². The Labute approximate surface area is 82.3 Å². The lowest BCUT2D eigenvalue weighted by atomic mass is 10.0. The van der Waals surface area contributed by atoms with E-state index in [1.54, 1.807) is 0 Å². The third-order valence-electron chi connectivity index (χ3n) is 2.92. The first-order valence-electron chi connectivity index (χ1n) is 5.87. The summed E-state index contributed by atoms with van der Waals surface area (Å²) in [4.78, 5) is 0. The van der Waals surface area contributed by atoms with Crippen LogP contribution in [0.4, 0.5) is 0 Å². The predicted octanol–water partition coefficient (Wildman–Crippen LogP) is 2.04. The third kappa shape index (κ3) is 5.27. The molecular formula is C11H24N2. The third-order valence-corrected chi connectivity index (χ3v) is 2.92. The van der Waals surface area contributed by atoms with Gasteiger partial charge < -0.3 is 11.1 Å². The molecule has 1 atom stereocenters. The van der Waals surface area contributed by atoms with E-state index >= 15 is 0 Å². The Morgan fingerprint density at radius 3 is 2.85 bits per heavy atom. The molecule has 1 heterocycles. The molecule has 0 amide bonds. The molecule has 78 valence electrons. The van der Waals surface area contributed by atoms with Gasteiger partial charge in [-0.15, -0.1) is 0 Å². The average Bonchev–Trinajstić information content (AvgIpc) is 2.41. The minimum Gasteiger partial charge on any atom is -0.330 e. The van der Waals surface area contributed by atoms with Crippen LogP contribution in [-0.2, 0) is 0 Å². The van der Waals surface area contributed by atoms with E-state index in [9.17, 15) is 0 Å². The summed E-state index contributed by atoms with van der Waals surface area (Å²) in [5.41, 5.74) is 5.46. The average molecular weight is 184 g/mol. The van der Waals surface area contributed by atoms with Gasteiger partial charge in [-0.25, -0.2) is 0 Å². The summed E-state index contributed by atoms with van der Waals surface area (Å²) in [6.07, 6.45) is 10.8. The highest BCUT2D eigenvalue weighted by Gasteiger charge is 2.09. The summed E-state index contributed by atoms with van der Waals surface area (Å²) in [6, 6.07) is 0.806. The van der Waals surface area contributed by atoms with Gasteiger partial charge in [-0.05, 0) is 38.8 Å². The van der Waals surface area contributed by atoms with Crippen LogP contribution in [0.25, 0.3) is 0 Å². The Morgan fingerprint density at radius 2 is 2.00 bits per heavy atom. The maximum absolute atomic E-state index is 5.46. The van der Waals surface area contributed by atoms with Gasteiger partial charge >= 0.3 is 0 Å². The van der Waals surface area contributed by atoms with E-state index in [-0.39, 0.29) is 0 Å². The fourth-order valence-corrected chi connectivity index (χ4v) is 2.06. The molecule has 1 aliphatic heterocycles. The van der Waals surface area contributed by atoms with Gasteiger partial charge in [0.1, 0.15) is 0 Å². The molecule has 0 radical (unpaired) electrons. The van der Waals surface area contributed by atoms with Crippen LogP contribution in [0, 0.1) is 0 Å². The normalized spacial score (nSPS) is 24.2. The number of rotatable bonds is 5. The maximum Gasteiger partial charge on any atom is 0.00670 e. The molecule has 0 aromatic heterocycles. The second-order valence-electron chi connectivity index (χ2n) is 4.14. The molecule has 1 saturated heterocycles. The summed E-state index contributed by atoms with van der Waals surface area (Å²) in [5.74, 6) is 0. The number of hydrogen-bond acceptors (Lipinski definition) is 2. The monoisotopic (exact) mass is 184 g/mol. The van der Waals surface area contributed by atoms with Crippen LogP contribution in [0.15, 0.2) is 0 Å². The van der Waals surface area contributed by atoms with E-state index in [4.69, 9.17) is 5.73 Å². The zero-order chi connectivity index (χ0) is 9.36. The largest absolute Gasteiger partial charge is 0.330 e. The molecule has 0 bridgehead atoms. The van der Waals surface area contributed by atoms with Crippen molar-refractivity contribution in [2.75, 3.05) is 13.1 Å². The first kappa shape index (κ1) is 11.0. The van der Waals surface area contributed by atoms with Crippen molar-refractivity contribution in [2.24, 2.45) is 5.73 Å². The van der Waals surface area contributed by atoms with Crippen molar-refractivity contribution in [3.63, 3.8) is 0 Å². The van der Waals surface area contributed by atoms with E-state index in [1.807, 2.05) is 0 Å². The van der Waals surface area contributed by atoms with Gasteiger partial charge in [-0.2, -0.15) is 0 Å². The van der Waals surface area contributed by atoms with Crippen molar-refractivity contribution in [3.05, 3.63) is 0 Å². The zero-order valence-corrected chi connectivity index (χ0v) is 8.73. The van der Waals surface area contributed by atoms with E-state index in [0.29, 0.717) is 0 Å². The number of nitrogens with two attached hydrogens (primary N) is 1. The van der Waals surface area contributed by atoms with Gasteiger partial charge in [0.15, 0.2) is 0 Å². The lowest BCUT2D eigenvalue weighted by molar-refractivity contribution is 0.454. The van der Waals surface area contributed by atoms with Crippen molar-refractivity contribution in [1.82, 2.24) is 5.32 Å². The zero-order valence-electron chi connectivity index (χ0n) is 8.73. The number of hydrogen-bond donors (Lipinski definition) is 2. The topological polar surface area (TPSA) is 38.0 Å². The lowest BCUT2D eigenvalue weighted by Gasteiger charge is -2.14. The summed E-state index contributed by atoms with van der Waals surface area (Å²) < 4.78 is 0. The quantitative estimate of drug-likeness (QED) is 0.642. The van der Waals surface area contributed by atoms with Crippen LogP contribution in [0.2, 0.25) is 0 Å². The molecule has 2 nitrogen and oxygen atoms in total. The number of unbranched alkanes of at least 4 members (excludes halogenated alkanes) is 2. The van der Waals surface area contributed by atoms with Crippen molar-refractivity contribution >= 4 is 0 Å². The fourth-order valence-electron chi connectivity index (χ4n) is 2.06. The Balaban J connectivity index is 1.98. The van der Waals surface area contributed by atoms with Crippen LogP contribution < -0.4 is 11.1 Å². The van der Waals surface area contributed by atoms with Gasteiger partial charge in [0.25, 0.3) is 0 Å². The molecule has 3 N–H and O–H groups in total. The molecule has 0 saturated carbocycles. The molecule has 1 rings (SSSR count). The molecular weight excluding hydrogens is 160 g/mol. The van der Waals surface area contributed by atoms with E-state index in [2.05, 4.69) is 5.32 Å². The molecule has 1 aliphatic rings. The van der Waals surface area contributed by atoms with Crippen LogP contribution in [0.1, 0.15) is 51.4 Å². The number of nitrogens with one attached hydrogen (secondary N) is 1. The summed E-state index contributed by atoms with van der Waals surface area (Å²) in [5, 5.41) is 3.63. The van der Waals surface area contributed by atoms with Gasteiger partial charge in [0.2, 0.25) is 0 Å². The first-order valence-corrected chi connectivity index (χ1v) is 5.87. The second-order valence-corrected chi connectivity index (χ2v) is 4.14. The van der Waals surface area contributed by atoms with E-state index in [1.165, 1.54) is 57.9 Å². The molecule has 1 fully saturated rings. The Bertz CT molecular complexity index is 107. The predicted molar refractivity (Wildman–Crippen MR) is 57.8 cm³/mol. The van der Waals surface area contributed by atoms with E-state index < -0.39 is 0 Å². The molecule has 1 unspecified atom stereocenters. The molecule has 13 heavy (non-hydrogen) atoms. The van der Waals surface area contributed by atoms with Crippen molar-refractivity contribution in [1.29, 1.82) is 0 Å². The Morgan fingerprint density at radius 1 is 1.08 bits per heavy atom. The standard InChI is InChI=1S/C11H24N2/c12-9-5-1-3-7-11-8-4-2-6-10-13-11/h11,13H,1-10,12H2. The van der Waals surface area contributed by atoms with Gasteiger partial charge in [-0.3, -0.25) is 0 Å². The van der Waals surface area contributed by atoms with Crippen LogP contribution in [-0.4, -0.2) is 19.1 Å². The Hall–Kier alpha value is -0.0800. The Kier molecular flexibility index (Phi) is 6.21. The highest BCUT2D eigenvalue weighted by molar-refractivity contribution is 4.70. The maximum atomic E-state index is 5.46. The van der Waals surface area contributed by atoms with Gasteiger partial charge in [-0.1, -0.05) is 25.7 Å². The van der Waals surface area contributed by atoms with E-state index in [0.717, 1.165) is 12.6 Å². The molecule has 0 spiro atoms. The summed E-state index contributed by atoms with van der Waals surface area (Å²) in [7, 11) is 0. The second kappa shape index (κ2) is 7.34. The van der Waals surface area contributed by atoms with Crippen LogP contribution in [0.5, 0.6) is 0 Å². The lowest BCUT2D eigenvalue weighted by Crippen LogP contribution is -2.27. The molecule has 0 aromatic carbocycles. The summed E-state index contributed by atoms with van der Waals surface area (Å²) >= 11 is 0. The molecule has 2 heteroatoms. The smallest absolute Gasteiger partial charge is 0.00670 e. The highest BCUT2D eigenvalue weighted by Crippen LogP contribution is 2.13. The summed E-state index contributed by atoms with van der Waals surface area (Å²) in [6.45, 7) is 2.10. The molecule has 0 aromatic rings. The minimum absolute atomic E-state index is 0.806. The van der Waals surface area contributed by atoms with Crippen molar-refractivity contribution in [3.8, 4) is 0 Å². The molecule has 0 aliphatic carbocycles.